The van der Waals surface area contributed by atoms with Crippen LogP contribution in [0, 0.1) is 0 Å². The van der Waals surface area contributed by atoms with Crippen LogP contribution in [0.3, 0.4) is 0 Å². The first kappa shape index (κ1) is 16.7. The third-order valence-electron chi connectivity index (χ3n) is 0.391. The summed E-state index contributed by atoms with van der Waals surface area (Å²) in [6.07, 6.45) is 0. The van der Waals surface area contributed by atoms with E-state index < -0.39 is 0 Å². The summed E-state index contributed by atoms with van der Waals surface area (Å²) in [5.41, 5.74) is 0. The molecule has 0 radical (unpaired) electrons. The molecule has 0 aliphatic carbocycles. The predicted molar refractivity (Wildman–Crippen MR) is 39.8 cm³/mol. The molecular formula is C4H13Cl2NOTi. The van der Waals surface area contributed by atoms with Crippen LogP contribution in [-0.2, 0) is 23.1 Å². The molecule has 0 aromatic carbocycles. The third-order valence-corrected chi connectivity index (χ3v) is 1.61. The first-order valence-corrected chi connectivity index (χ1v) is 3.65. The van der Waals surface area contributed by atoms with E-state index in [1.807, 2.05) is 21.0 Å². The van der Waals surface area contributed by atoms with Gasteiger partial charge < -0.3 is 0 Å². The van der Waals surface area contributed by atoms with E-state index in [0.717, 1.165) is 6.61 Å². The van der Waals surface area contributed by atoms with Gasteiger partial charge in [0.2, 0.25) is 0 Å². The van der Waals surface area contributed by atoms with Crippen molar-refractivity contribution in [1.29, 1.82) is 0 Å². The van der Waals surface area contributed by atoms with Crippen molar-refractivity contribution in [3.63, 3.8) is 0 Å². The minimum atomic E-state index is -0.215. The van der Waals surface area contributed by atoms with Gasteiger partial charge in [-0.1, -0.05) is 0 Å². The molecule has 0 aromatic rings. The molecule has 0 atom stereocenters. The maximum absolute atomic E-state index is 5.15. The summed E-state index contributed by atoms with van der Waals surface area (Å²) in [6.45, 7) is 2.88. The zero-order valence-electron chi connectivity index (χ0n) is 5.88. The van der Waals surface area contributed by atoms with Gasteiger partial charge in [0, 0.05) is 0 Å². The van der Waals surface area contributed by atoms with Crippen LogP contribution in [0.15, 0.2) is 0 Å². The van der Waals surface area contributed by atoms with Crippen molar-refractivity contribution in [1.82, 2.24) is 3.38 Å². The Hall–Kier alpha value is 1.21. The first-order chi connectivity index (χ1) is 3.27. The van der Waals surface area contributed by atoms with Gasteiger partial charge in [-0.15, -0.1) is 24.8 Å². The van der Waals surface area contributed by atoms with Crippen molar-refractivity contribution >= 4 is 24.8 Å². The smallest absolute Gasteiger partial charge is 0.147 e. The van der Waals surface area contributed by atoms with Gasteiger partial charge in [0.1, 0.15) is 0 Å². The summed E-state index contributed by atoms with van der Waals surface area (Å²) in [5.74, 6) is 0. The van der Waals surface area contributed by atoms with Crippen molar-refractivity contribution < 1.29 is 23.1 Å². The van der Waals surface area contributed by atoms with Crippen LogP contribution in [0.4, 0.5) is 0 Å². The second-order valence-electron chi connectivity index (χ2n) is 1.42. The van der Waals surface area contributed by atoms with E-state index >= 15 is 0 Å². The normalized spacial score (nSPS) is 7.56. The van der Waals surface area contributed by atoms with E-state index in [9.17, 15) is 0 Å². The molecule has 0 bridgehead atoms. The molecule has 0 aliphatic rings. The monoisotopic (exact) mass is 209 g/mol. The Kier molecular flexibility index (Phi) is 22.1. The summed E-state index contributed by atoms with van der Waals surface area (Å²) in [5, 5.41) is 0. The van der Waals surface area contributed by atoms with E-state index in [-0.39, 0.29) is 44.6 Å². The molecule has 0 saturated heterocycles. The fourth-order valence-electron chi connectivity index (χ4n) is 0.194. The molecule has 0 saturated carbocycles. The van der Waals surface area contributed by atoms with Crippen LogP contribution in [0.5, 0.6) is 0 Å². The Morgan fingerprint density at radius 1 is 1.33 bits per heavy atom. The summed E-state index contributed by atoms with van der Waals surface area (Å²) in [4.78, 5) is 0. The predicted octanol–water partition coefficient (Wildman–Crippen LogP) is 1.34. The maximum Gasteiger partial charge on any atom is -0.147 e. The van der Waals surface area contributed by atoms with Gasteiger partial charge in [-0.05, 0) is 0 Å². The quantitative estimate of drug-likeness (QED) is 0.651. The van der Waals surface area contributed by atoms with E-state index in [0.29, 0.717) is 0 Å². The van der Waals surface area contributed by atoms with Gasteiger partial charge in [0.05, 0.1) is 0 Å². The third kappa shape index (κ3) is 17.6. The Bertz CT molecular complexity index is 47.5. The molecule has 9 heavy (non-hydrogen) atoms. The van der Waals surface area contributed by atoms with Gasteiger partial charge in [-0.3, -0.25) is 0 Å². The average molecular weight is 210 g/mol. The topological polar surface area (TPSA) is 12.5 Å². The zero-order chi connectivity index (χ0) is 5.70. The molecule has 0 aliphatic heterocycles. The van der Waals surface area contributed by atoms with Gasteiger partial charge in [0.15, 0.2) is 0 Å². The molecular weight excluding hydrogens is 197 g/mol. The molecule has 0 spiro atoms. The molecule has 0 N–H and O–H groups in total. The molecule has 5 heteroatoms. The van der Waals surface area contributed by atoms with E-state index in [2.05, 4.69) is 3.38 Å². The summed E-state index contributed by atoms with van der Waals surface area (Å²) in [6, 6.07) is 0. The maximum atomic E-state index is 5.15. The van der Waals surface area contributed by atoms with Crippen LogP contribution in [0.1, 0.15) is 6.92 Å². The van der Waals surface area contributed by atoms with Crippen LogP contribution in [0.2, 0.25) is 0 Å². The molecule has 58 valence electrons. The van der Waals surface area contributed by atoms with Crippen molar-refractivity contribution in [3.8, 4) is 0 Å². The van der Waals surface area contributed by atoms with E-state index in [4.69, 9.17) is 3.32 Å². The summed E-state index contributed by atoms with van der Waals surface area (Å²) >= 11 is -0.215. The second kappa shape index (κ2) is 11.9. The van der Waals surface area contributed by atoms with Gasteiger partial charge >= 0.3 is 54.1 Å². The average Bonchev–Trinajstić information content (AvgIpc) is 1.61. The van der Waals surface area contributed by atoms with Crippen molar-refractivity contribution in [2.75, 3.05) is 20.7 Å². The molecule has 2 nitrogen and oxygen atoms in total. The van der Waals surface area contributed by atoms with Crippen LogP contribution in [0.25, 0.3) is 0 Å². The first-order valence-electron chi connectivity index (χ1n) is 2.32. The number of hydrogen-bond donors (Lipinski definition) is 0. The number of rotatable bonds is 3. The standard InChI is InChI=1S/C2H6N.C2H5O.2ClH.Ti/c1-3-2;1-2-3;;;/h1-2H3;2H2,1H3;2*1H;/q2*-1;;;+2. The number of nitrogens with zero attached hydrogens (tertiary/aromatic N) is 1. The van der Waals surface area contributed by atoms with Crippen LogP contribution in [-0.4, -0.2) is 24.1 Å². The Morgan fingerprint density at radius 3 is 1.89 bits per heavy atom. The van der Waals surface area contributed by atoms with Crippen molar-refractivity contribution in [2.45, 2.75) is 6.92 Å². The van der Waals surface area contributed by atoms with Gasteiger partial charge in [-0.25, -0.2) is 0 Å². The van der Waals surface area contributed by atoms with Crippen LogP contribution >= 0.6 is 24.8 Å². The minimum absolute atomic E-state index is 0. The van der Waals surface area contributed by atoms with Crippen molar-refractivity contribution in [2.24, 2.45) is 0 Å². The zero-order valence-corrected chi connectivity index (χ0v) is 9.07. The largest absolute Gasteiger partial charge is 0.147 e. The fraction of sp³-hybridized carbons (Fsp3) is 1.00. The minimum Gasteiger partial charge on any atom is -0.147 e. The van der Waals surface area contributed by atoms with Crippen molar-refractivity contribution in [3.05, 3.63) is 0 Å². The Labute approximate surface area is 78.9 Å². The molecule has 0 amide bonds. The van der Waals surface area contributed by atoms with Gasteiger partial charge in [-0.2, -0.15) is 0 Å². The Morgan fingerprint density at radius 2 is 1.78 bits per heavy atom. The fourth-order valence-corrected chi connectivity index (χ4v) is 0.798. The molecule has 0 heterocycles. The molecule has 0 rings (SSSR count). The summed E-state index contributed by atoms with van der Waals surface area (Å²) < 4.78 is 7.26. The number of halogens is 2. The van der Waals surface area contributed by atoms with E-state index in [1.54, 1.807) is 0 Å². The van der Waals surface area contributed by atoms with E-state index in [1.165, 1.54) is 0 Å². The second-order valence-corrected chi connectivity index (χ2v) is 3.55. The summed E-state index contributed by atoms with van der Waals surface area (Å²) in [7, 11) is 4.07. The Balaban J connectivity index is -0.000000180. The molecule has 0 aromatic heterocycles. The SMILES string of the molecule is CC[O][Ti][N](C)C.Cl.Cl. The van der Waals surface area contributed by atoms with Crippen LogP contribution < -0.4 is 0 Å². The van der Waals surface area contributed by atoms with Gasteiger partial charge in [0.25, 0.3) is 0 Å². The molecule has 0 unspecified atom stereocenters. The number of hydrogen-bond acceptors (Lipinski definition) is 2. The molecule has 0 fully saturated rings.